The zero-order valence-electron chi connectivity index (χ0n) is 5.95. The first-order valence-corrected chi connectivity index (χ1v) is 3.61. The number of aromatic nitrogens is 3. The summed E-state index contributed by atoms with van der Waals surface area (Å²) in [6.45, 7) is 1.97. The Labute approximate surface area is 68.6 Å². The lowest BCUT2D eigenvalue weighted by Crippen LogP contribution is -1.94. The van der Waals surface area contributed by atoms with Gasteiger partial charge in [0.2, 0.25) is 0 Å². The number of fused-ring (bicyclic) bond motifs is 1. The van der Waals surface area contributed by atoms with Crippen LogP contribution in [0.4, 0.5) is 0 Å². The maximum atomic E-state index is 5.80. The third kappa shape index (κ3) is 0.886. The van der Waals surface area contributed by atoms with Crippen LogP contribution in [0.2, 0.25) is 5.15 Å². The van der Waals surface area contributed by atoms with Crippen molar-refractivity contribution in [3.63, 3.8) is 0 Å². The van der Waals surface area contributed by atoms with Crippen LogP contribution in [0.1, 0.15) is 5.69 Å². The van der Waals surface area contributed by atoms with Gasteiger partial charge in [-0.1, -0.05) is 11.6 Å². The maximum Gasteiger partial charge on any atom is 0.156 e. The smallest absolute Gasteiger partial charge is 0.156 e. The Morgan fingerprint density at radius 3 is 3.00 bits per heavy atom. The molecule has 0 spiro atoms. The van der Waals surface area contributed by atoms with Gasteiger partial charge in [-0.05, 0) is 19.1 Å². The van der Waals surface area contributed by atoms with E-state index in [4.69, 9.17) is 11.6 Å². The van der Waals surface area contributed by atoms with Crippen molar-refractivity contribution in [3.8, 4) is 0 Å². The normalized spacial score (nSPS) is 10.7. The molecule has 0 N–H and O–H groups in total. The van der Waals surface area contributed by atoms with Gasteiger partial charge in [0.05, 0.1) is 0 Å². The Balaban J connectivity index is 2.94. The first-order chi connectivity index (χ1) is 5.29. The average Bonchev–Trinajstić information content (AvgIpc) is 2.35. The van der Waals surface area contributed by atoms with Gasteiger partial charge in [0.15, 0.2) is 5.15 Å². The second kappa shape index (κ2) is 2.20. The van der Waals surface area contributed by atoms with Crippen molar-refractivity contribution in [2.45, 2.75) is 6.92 Å². The lowest BCUT2D eigenvalue weighted by atomic mass is 10.5. The standard InChI is InChI=1S/C7H6ClN3/c1-5-2-3-6-7(8)9-4-10-11(5)6/h2-4H,1H3. The molecule has 4 heteroatoms. The minimum Gasteiger partial charge on any atom is -0.234 e. The molecule has 0 fully saturated rings. The van der Waals surface area contributed by atoms with E-state index in [-0.39, 0.29) is 0 Å². The highest BCUT2D eigenvalue weighted by atomic mass is 35.5. The van der Waals surface area contributed by atoms with Gasteiger partial charge in [-0.25, -0.2) is 9.50 Å². The molecule has 0 aliphatic rings. The first kappa shape index (κ1) is 6.61. The summed E-state index contributed by atoms with van der Waals surface area (Å²) in [7, 11) is 0. The molecule has 0 unspecified atom stereocenters. The van der Waals surface area contributed by atoms with Crippen molar-refractivity contribution in [3.05, 3.63) is 29.3 Å². The second-order valence-corrected chi connectivity index (χ2v) is 2.68. The Morgan fingerprint density at radius 1 is 1.45 bits per heavy atom. The molecule has 56 valence electrons. The molecular weight excluding hydrogens is 162 g/mol. The summed E-state index contributed by atoms with van der Waals surface area (Å²) >= 11 is 5.80. The summed E-state index contributed by atoms with van der Waals surface area (Å²) in [5, 5.41) is 4.52. The van der Waals surface area contributed by atoms with Gasteiger partial charge >= 0.3 is 0 Å². The fourth-order valence-corrected chi connectivity index (χ4v) is 1.22. The number of hydrogen-bond donors (Lipinski definition) is 0. The zero-order valence-corrected chi connectivity index (χ0v) is 6.71. The van der Waals surface area contributed by atoms with Gasteiger partial charge < -0.3 is 0 Å². The van der Waals surface area contributed by atoms with E-state index in [2.05, 4.69) is 10.1 Å². The molecule has 2 heterocycles. The molecule has 0 saturated carbocycles. The number of hydrogen-bond acceptors (Lipinski definition) is 2. The number of halogens is 1. The van der Waals surface area contributed by atoms with Crippen LogP contribution in [-0.2, 0) is 0 Å². The number of rotatable bonds is 0. The van der Waals surface area contributed by atoms with Gasteiger partial charge in [0.1, 0.15) is 11.8 Å². The van der Waals surface area contributed by atoms with E-state index in [0.717, 1.165) is 11.2 Å². The average molecular weight is 168 g/mol. The maximum absolute atomic E-state index is 5.80. The Kier molecular flexibility index (Phi) is 1.32. The molecule has 0 aliphatic carbocycles. The van der Waals surface area contributed by atoms with Crippen LogP contribution < -0.4 is 0 Å². The lowest BCUT2D eigenvalue weighted by Gasteiger charge is -1.95. The zero-order chi connectivity index (χ0) is 7.84. The highest BCUT2D eigenvalue weighted by molar-refractivity contribution is 6.32. The van der Waals surface area contributed by atoms with E-state index in [1.165, 1.54) is 6.33 Å². The third-order valence-corrected chi connectivity index (χ3v) is 1.89. The minimum atomic E-state index is 0.494. The van der Waals surface area contributed by atoms with E-state index >= 15 is 0 Å². The molecule has 2 aromatic heterocycles. The molecule has 0 atom stereocenters. The monoisotopic (exact) mass is 167 g/mol. The van der Waals surface area contributed by atoms with Gasteiger partial charge in [0.25, 0.3) is 0 Å². The number of aryl methyl sites for hydroxylation is 1. The molecule has 0 amide bonds. The highest BCUT2D eigenvalue weighted by Gasteiger charge is 2.01. The van der Waals surface area contributed by atoms with Crippen molar-refractivity contribution in [2.24, 2.45) is 0 Å². The van der Waals surface area contributed by atoms with Crippen LogP contribution in [-0.4, -0.2) is 14.6 Å². The summed E-state index contributed by atoms with van der Waals surface area (Å²) in [5.41, 5.74) is 1.91. The van der Waals surface area contributed by atoms with E-state index in [0.29, 0.717) is 5.15 Å². The van der Waals surface area contributed by atoms with Crippen LogP contribution in [0.5, 0.6) is 0 Å². The largest absolute Gasteiger partial charge is 0.234 e. The van der Waals surface area contributed by atoms with Crippen LogP contribution in [0.25, 0.3) is 5.52 Å². The summed E-state index contributed by atoms with van der Waals surface area (Å²) in [6, 6.07) is 3.85. The molecule has 2 rings (SSSR count). The van der Waals surface area contributed by atoms with Crippen molar-refractivity contribution in [2.75, 3.05) is 0 Å². The van der Waals surface area contributed by atoms with Crippen LogP contribution in [0.3, 0.4) is 0 Å². The molecular formula is C7H6ClN3. The summed E-state index contributed by atoms with van der Waals surface area (Å²) in [5.74, 6) is 0. The van der Waals surface area contributed by atoms with Gasteiger partial charge in [0, 0.05) is 5.69 Å². The lowest BCUT2D eigenvalue weighted by molar-refractivity contribution is 0.872. The van der Waals surface area contributed by atoms with Gasteiger partial charge in [-0.15, -0.1) is 0 Å². The molecule has 3 nitrogen and oxygen atoms in total. The van der Waals surface area contributed by atoms with E-state index < -0.39 is 0 Å². The van der Waals surface area contributed by atoms with Gasteiger partial charge in [-0.3, -0.25) is 0 Å². The van der Waals surface area contributed by atoms with E-state index in [1.807, 2.05) is 19.1 Å². The van der Waals surface area contributed by atoms with Crippen LogP contribution >= 0.6 is 11.6 Å². The van der Waals surface area contributed by atoms with Crippen LogP contribution in [0.15, 0.2) is 18.5 Å². The SMILES string of the molecule is Cc1ccc2c(Cl)ncnn12. The second-order valence-electron chi connectivity index (χ2n) is 2.32. The summed E-state index contributed by atoms with van der Waals surface area (Å²) in [4.78, 5) is 3.85. The quantitative estimate of drug-likeness (QED) is 0.598. The van der Waals surface area contributed by atoms with Crippen molar-refractivity contribution >= 4 is 17.1 Å². The summed E-state index contributed by atoms with van der Waals surface area (Å²) < 4.78 is 1.76. The van der Waals surface area contributed by atoms with E-state index in [1.54, 1.807) is 4.52 Å². The van der Waals surface area contributed by atoms with Crippen LogP contribution in [0, 0.1) is 6.92 Å². The molecule has 0 radical (unpaired) electrons. The molecule has 0 aromatic carbocycles. The topological polar surface area (TPSA) is 30.2 Å². The predicted octanol–water partition coefficient (Wildman–Crippen LogP) is 1.69. The third-order valence-electron chi connectivity index (χ3n) is 1.59. The van der Waals surface area contributed by atoms with Gasteiger partial charge in [-0.2, -0.15) is 5.10 Å². The van der Waals surface area contributed by atoms with Crippen molar-refractivity contribution in [1.82, 2.24) is 14.6 Å². The molecule has 2 aromatic rings. The van der Waals surface area contributed by atoms with Crippen molar-refractivity contribution in [1.29, 1.82) is 0 Å². The molecule has 0 bridgehead atoms. The minimum absolute atomic E-state index is 0.494. The summed E-state index contributed by atoms with van der Waals surface area (Å²) in [6.07, 6.45) is 1.45. The Hall–Kier alpha value is -1.09. The number of nitrogens with zero attached hydrogens (tertiary/aromatic N) is 3. The molecule has 11 heavy (non-hydrogen) atoms. The predicted molar refractivity (Wildman–Crippen MR) is 42.7 cm³/mol. The van der Waals surface area contributed by atoms with Crippen molar-refractivity contribution < 1.29 is 0 Å². The highest BCUT2D eigenvalue weighted by Crippen LogP contribution is 2.14. The fourth-order valence-electron chi connectivity index (χ4n) is 1.03. The molecule has 0 saturated heterocycles. The van der Waals surface area contributed by atoms with E-state index in [9.17, 15) is 0 Å². The first-order valence-electron chi connectivity index (χ1n) is 3.24. The Morgan fingerprint density at radius 2 is 2.27 bits per heavy atom. The Bertz CT molecular complexity index is 393. The fraction of sp³-hybridized carbons (Fsp3) is 0.143. The molecule has 0 aliphatic heterocycles.